The van der Waals surface area contributed by atoms with Crippen molar-refractivity contribution in [3.8, 4) is 11.1 Å². The highest BCUT2D eigenvalue weighted by Gasteiger charge is 2.63. The molecule has 13 rings (SSSR count). The lowest BCUT2D eigenvalue weighted by atomic mass is 9.59. The van der Waals surface area contributed by atoms with E-state index in [0.717, 1.165) is 19.3 Å². The van der Waals surface area contributed by atoms with Crippen LogP contribution in [-0.2, 0) is 33.6 Å². The zero-order chi connectivity index (χ0) is 48.7. The topological polar surface area (TPSA) is 9.72 Å². The molecule has 0 aromatic heterocycles. The van der Waals surface area contributed by atoms with Gasteiger partial charge in [-0.05, 0) is 162 Å². The first-order valence-corrected chi connectivity index (χ1v) is 26.6. The van der Waals surface area contributed by atoms with Crippen molar-refractivity contribution in [3.05, 3.63) is 195 Å². The molecule has 7 aromatic rings. The number of hydrogen-bond acceptors (Lipinski definition) is 3. The van der Waals surface area contributed by atoms with Crippen molar-refractivity contribution >= 4 is 39.8 Å². The summed E-state index contributed by atoms with van der Waals surface area (Å²) in [5.74, 6) is 0.0571. The molecule has 5 unspecified atom stereocenters. The summed E-state index contributed by atoms with van der Waals surface area (Å²) in [6, 6.07) is 52.9. The van der Waals surface area contributed by atoms with Crippen LogP contribution in [0.4, 0.5) is 39.8 Å². The molecule has 2 aliphatic carbocycles. The largest absolute Gasteiger partial charge is 0.334 e. The second-order valence-corrected chi connectivity index (χ2v) is 25.2. The lowest BCUT2D eigenvalue weighted by Gasteiger charge is -2.54. The second-order valence-electron chi connectivity index (χ2n) is 25.2. The maximum Gasteiger partial charge on any atom is 0.0771 e. The zero-order valence-corrected chi connectivity index (χ0v) is 43.9. The van der Waals surface area contributed by atoms with Gasteiger partial charge in [0.1, 0.15) is 0 Å². The Labute approximate surface area is 418 Å². The number of rotatable bonds is 3. The van der Waals surface area contributed by atoms with Crippen LogP contribution >= 0.6 is 0 Å². The molecule has 4 heterocycles. The van der Waals surface area contributed by atoms with Gasteiger partial charge in [0.15, 0.2) is 0 Å². The van der Waals surface area contributed by atoms with E-state index >= 15 is 0 Å². The smallest absolute Gasteiger partial charge is 0.0771 e. The molecule has 1 saturated carbocycles. The number of para-hydroxylation sites is 1. The van der Waals surface area contributed by atoms with E-state index in [4.69, 9.17) is 0 Å². The van der Waals surface area contributed by atoms with Crippen LogP contribution in [0.5, 0.6) is 0 Å². The van der Waals surface area contributed by atoms with Gasteiger partial charge in [-0.25, -0.2) is 0 Å². The third kappa shape index (κ3) is 5.48. The number of nitrogens with zero attached hydrogens (tertiary/aromatic N) is 3. The number of aryl methyl sites for hydroxylation is 3. The van der Waals surface area contributed by atoms with Crippen molar-refractivity contribution < 1.29 is 0 Å². The van der Waals surface area contributed by atoms with Gasteiger partial charge in [0.2, 0.25) is 0 Å². The molecule has 354 valence electrons. The first-order chi connectivity index (χ1) is 33.3. The molecular weight excluding hydrogens is 847 g/mol. The van der Waals surface area contributed by atoms with Crippen LogP contribution in [0.2, 0.25) is 0 Å². The van der Waals surface area contributed by atoms with Crippen molar-refractivity contribution in [2.24, 2.45) is 0 Å². The molecule has 6 aliphatic rings. The summed E-state index contributed by atoms with van der Waals surface area (Å²) in [5, 5.41) is 0. The summed E-state index contributed by atoms with van der Waals surface area (Å²) >= 11 is 0. The van der Waals surface area contributed by atoms with Gasteiger partial charge in [-0.3, -0.25) is 0 Å². The Morgan fingerprint density at radius 1 is 0.514 bits per heavy atom. The average molecular weight is 918 g/mol. The van der Waals surface area contributed by atoms with Gasteiger partial charge in [0.25, 0.3) is 0 Å². The molecule has 4 aliphatic heterocycles. The van der Waals surface area contributed by atoms with E-state index in [1.165, 1.54) is 126 Å². The van der Waals surface area contributed by atoms with Crippen molar-refractivity contribution in [1.29, 1.82) is 0 Å². The second kappa shape index (κ2) is 14.3. The van der Waals surface area contributed by atoms with Crippen LogP contribution in [0.3, 0.4) is 0 Å². The fourth-order valence-corrected chi connectivity index (χ4v) is 15.6. The van der Waals surface area contributed by atoms with Gasteiger partial charge in [0, 0.05) is 39.2 Å². The molecule has 0 radical (unpaired) electrons. The fourth-order valence-electron chi connectivity index (χ4n) is 15.6. The number of hydrogen-bond donors (Lipinski definition) is 0. The van der Waals surface area contributed by atoms with Gasteiger partial charge < -0.3 is 14.7 Å². The molecular formula is C67H71N3. The highest BCUT2D eigenvalue weighted by Crippen LogP contribution is 2.72. The molecule has 0 bridgehead atoms. The lowest BCUT2D eigenvalue weighted by Crippen LogP contribution is -2.55. The first kappa shape index (κ1) is 43.9. The lowest BCUT2D eigenvalue weighted by molar-refractivity contribution is 0.194. The standard InChI is InChI=1S/C67H71N3/c1-41-36-42(2)60-61-57(41)58-49-38-46(63(6,7)8)29-31-53(49)68(52-30-28-45(62(3,4)5)37-48(52)43-22-14-13-15-23-43)55-39-47(40-56(59(55)58)70(61)66(11)34-21-20-33-65(60,66)10)69-54-27-19-18-26-51(54)64(9)35-32-44-24-16-17-25-50(44)67(64,69)12/h13-19,22-31,36-40,58H,20-21,32-35H2,1-12H3. The maximum atomic E-state index is 2.96. The molecule has 70 heavy (non-hydrogen) atoms. The molecule has 7 aromatic carbocycles. The summed E-state index contributed by atoms with van der Waals surface area (Å²) < 4.78 is 0. The Hall–Kier alpha value is -6.06. The molecule has 0 saturated heterocycles. The SMILES string of the molecule is Cc1cc(C)c2c3c1C1c4cc(C(C)(C)C)ccc4N(c4ccc(C(C)(C)C)cc4-c4ccccc4)c4cc(N5c6ccccc6C6(C)CCc7ccccc7C56C)cc(c41)N3C1(C)CCCCC21C. The molecule has 3 nitrogen and oxygen atoms in total. The van der Waals surface area contributed by atoms with Gasteiger partial charge in [-0.1, -0.05) is 165 Å². The van der Waals surface area contributed by atoms with Gasteiger partial charge in [-0.2, -0.15) is 0 Å². The normalized spacial score (nSPS) is 25.7. The summed E-state index contributed by atoms with van der Waals surface area (Å²) in [4.78, 5) is 8.51. The molecule has 5 atom stereocenters. The predicted octanol–water partition coefficient (Wildman–Crippen LogP) is 17.9. The highest BCUT2D eigenvalue weighted by atomic mass is 15.3. The fraction of sp³-hybridized carbons (Fsp3) is 0.373. The first-order valence-electron chi connectivity index (χ1n) is 26.6. The Bertz CT molecular complexity index is 3360. The third-order valence-corrected chi connectivity index (χ3v) is 19.6. The minimum atomic E-state index is -0.340. The van der Waals surface area contributed by atoms with E-state index in [0.29, 0.717) is 0 Å². The van der Waals surface area contributed by atoms with Crippen molar-refractivity contribution in [1.82, 2.24) is 0 Å². The van der Waals surface area contributed by atoms with Crippen LogP contribution in [-0.4, -0.2) is 5.54 Å². The average Bonchev–Trinajstić information content (AvgIpc) is 3.69. The van der Waals surface area contributed by atoms with Crippen LogP contribution < -0.4 is 14.7 Å². The van der Waals surface area contributed by atoms with E-state index in [1.807, 2.05) is 0 Å². The zero-order valence-electron chi connectivity index (χ0n) is 43.9. The van der Waals surface area contributed by atoms with E-state index in [2.05, 4.69) is 231 Å². The van der Waals surface area contributed by atoms with E-state index < -0.39 is 0 Å². The summed E-state index contributed by atoms with van der Waals surface area (Å²) in [6.07, 6.45) is 7.05. The minimum Gasteiger partial charge on any atom is -0.334 e. The number of anilines is 7. The predicted molar refractivity (Wildman–Crippen MR) is 295 cm³/mol. The Balaban J connectivity index is 1.20. The van der Waals surface area contributed by atoms with Gasteiger partial charge >= 0.3 is 0 Å². The molecule has 0 amide bonds. The number of fused-ring (bicyclic) bond motifs is 12. The van der Waals surface area contributed by atoms with Crippen LogP contribution in [0, 0.1) is 13.8 Å². The van der Waals surface area contributed by atoms with Crippen LogP contribution in [0.1, 0.15) is 168 Å². The minimum absolute atomic E-state index is 0.00432. The van der Waals surface area contributed by atoms with E-state index in [1.54, 1.807) is 5.56 Å². The highest BCUT2D eigenvalue weighted by molar-refractivity contribution is 6.01. The molecule has 0 N–H and O–H groups in total. The van der Waals surface area contributed by atoms with Gasteiger partial charge in [-0.15, -0.1) is 0 Å². The monoisotopic (exact) mass is 918 g/mol. The van der Waals surface area contributed by atoms with Crippen molar-refractivity contribution in [3.63, 3.8) is 0 Å². The molecule has 1 fully saturated rings. The van der Waals surface area contributed by atoms with Crippen LogP contribution in [0.25, 0.3) is 11.1 Å². The third-order valence-electron chi connectivity index (χ3n) is 19.6. The Kier molecular flexibility index (Phi) is 8.97. The summed E-state index contributed by atoms with van der Waals surface area (Å²) in [7, 11) is 0. The van der Waals surface area contributed by atoms with Crippen molar-refractivity contribution in [2.45, 2.75) is 160 Å². The van der Waals surface area contributed by atoms with Crippen LogP contribution in [0.15, 0.2) is 133 Å². The molecule has 0 spiro atoms. The summed E-state index contributed by atoms with van der Waals surface area (Å²) in [5.41, 5.74) is 27.2. The van der Waals surface area contributed by atoms with E-state index in [9.17, 15) is 0 Å². The Morgan fingerprint density at radius 3 is 1.90 bits per heavy atom. The quantitative estimate of drug-likeness (QED) is 0.175. The van der Waals surface area contributed by atoms with Crippen molar-refractivity contribution in [2.75, 3.05) is 14.7 Å². The number of benzene rings is 7. The molecule has 3 heteroatoms. The Morgan fingerprint density at radius 2 is 1.16 bits per heavy atom. The maximum absolute atomic E-state index is 2.96. The van der Waals surface area contributed by atoms with Gasteiger partial charge in [0.05, 0.1) is 39.5 Å². The van der Waals surface area contributed by atoms with E-state index in [-0.39, 0.29) is 38.7 Å². The summed E-state index contributed by atoms with van der Waals surface area (Å²) in [6.45, 7) is 29.5.